The van der Waals surface area contributed by atoms with Gasteiger partial charge in [-0.25, -0.2) is 0 Å². The summed E-state index contributed by atoms with van der Waals surface area (Å²) < 4.78 is 0. The van der Waals surface area contributed by atoms with Crippen LogP contribution in [0.5, 0.6) is 0 Å². The molecule has 1 nitrogen and oxygen atoms in total. The molecule has 60 heavy (non-hydrogen) atoms. The molecule has 1 heteroatoms. The van der Waals surface area contributed by atoms with Gasteiger partial charge in [-0.15, -0.1) is 0 Å². The molecule has 8 aromatic carbocycles. The van der Waals surface area contributed by atoms with E-state index in [0.717, 1.165) is 18.3 Å². The van der Waals surface area contributed by atoms with Gasteiger partial charge in [0.15, 0.2) is 0 Å². The first-order valence-corrected chi connectivity index (χ1v) is 22.3. The van der Waals surface area contributed by atoms with Crippen molar-refractivity contribution in [1.29, 1.82) is 0 Å². The Morgan fingerprint density at radius 1 is 0.350 bits per heavy atom. The molecule has 0 N–H and O–H groups in total. The van der Waals surface area contributed by atoms with Gasteiger partial charge in [0.1, 0.15) is 0 Å². The Balaban J connectivity index is 1.03. The molecule has 0 radical (unpaired) electrons. The van der Waals surface area contributed by atoms with E-state index in [1.165, 1.54) is 116 Å². The van der Waals surface area contributed by atoms with Crippen molar-refractivity contribution in [3.8, 4) is 55.6 Å². The first kappa shape index (κ1) is 34.4. The van der Waals surface area contributed by atoms with Gasteiger partial charge in [0.25, 0.3) is 0 Å². The van der Waals surface area contributed by atoms with Crippen molar-refractivity contribution in [2.45, 2.75) is 43.9 Å². The van der Waals surface area contributed by atoms with Crippen LogP contribution in [0.25, 0.3) is 55.6 Å². The fourth-order valence-electron chi connectivity index (χ4n) is 13.2. The number of fused-ring (bicyclic) bond motifs is 6. The summed E-state index contributed by atoms with van der Waals surface area (Å²) in [5, 5.41) is 0. The minimum atomic E-state index is 0.0815. The summed E-state index contributed by atoms with van der Waals surface area (Å²) in [5.74, 6) is 3.21. The number of hydrogen-bond donors (Lipinski definition) is 0. The van der Waals surface area contributed by atoms with Gasteiger partial charge in [0.2, 0.25) is 0 Å². The highest BCUT2D eigenvalue weighted by molar-refractivity contribution is 5.94. The zero-order valence-corrected chi connectivity index (χ0v) is 33.9. The highest BCUT2D eigenvalue weighted by atomic mass is 15.1. The zero-order chi connectivity index (χ0) is 39.4. The van der Waals surface area contributed by atoms with Crippen molar-refractivity contribution in [3.63, 3.8) is 0 Å². The number of rotatable bonds is 6. The summed E-state index contributed by atoms with van der Waals surface area (Å²) in [4.78, 5) is 2.57. The molecule has 0 aromatic heterocycles. The van der Waals surface area contributed by atoms with Crippen LogP contribution < -0.4 is 4.90 Å². The predicted octanol–water partition coefficient (Wildman–Crippen LogP) is 15.5. The van der Waals surface area contributed by atoms with Crippen molar-refractivity contribution in [3.05, 3.63) is 210 Å². The first-order chi connectivity index (χ1) is 29.7. The second kappa shape index (κ2) is 13.3. The summed E-state index contributed by atoms with van der Waals surface area (Å²) >= 11 is 0. The van der Waals surface area contributed by atoms with E-state index < -0.39 is 0 Å². The standard InChI is InChI=1S/C59H47N/c1-4-12-40(13-5-1)43-21-27-58(54(35-43)42-16-8-3-9-17-42)60(49-22-25-52-46(34-49)33-45-18-10-11-19-51(45)52)50-23-26-56-55(37-50)53-24-20-44(41-14-6-2-7-15-41)36-57(53)59(56)47-29-38-28-39(31-47)32-48(59)30-38/h1-27,34-39,47-48H,28-33H2. The Labute approximate surface area is 354 Å². The van der Waals surface area contributed by atoms with Crippen LogP contribution in [-0.4, -0.2) is 0 Å². The molecule has 1 spiro atoms. The normalized spacial score (nSPS) is 22.3. The van der Waals surface area contributed by atoms with Gasteiger partial charge < -0.3 is 4.90 Å². The van der Waals surface area contributed by atoms with Crippen molar-refractivity contribution < 1.29 is 0 Å². The van der Waals surface area contributed by atoms with E-state index in [4.69, 9.17) is 0 Å². The van der Waals surface area contributed by atoms with Gasteiger partial charge in [-0.1, -0.05) is 146 Å². The summed E-state index contributed by atoms with van der Waals surface area (Å²) in [7, 11) is 0. The summed E-state index contributed by atoms with van der Waals surface area (Å²) in [5.41, 5.74) is 22.9. The SMILES string of the molecule is c1ccc(-c2ccc(N(c3ccc4c(c3)Cc3ccccc3-4)c3ccc4c(c3)-c3ccc(-c5ccccc5)cc3C43C4CC5CC(C4)CC3C5)c(-c3ccccc3)c2)cc1. The second-order valence-corrected chi connectivity index (χ2v) is 18.5. The topological polar surface area (TPSA) is 3.24 Å². The molecule has 0 unspecified atom stereocenters. The Kier molecular flexibility index (Phi) is 7.62. The molecule has 0 heterocycles. The Morgan fingerprint density at radius 2 is 0.917 bits per heavy atom. The van der Waals surface area contributed by atoms with E-state index in [1.54, 1.807) is 11.1 Å². The average molecular weight is 770 g/mol. The maximum absolute atomic E-state index is 2.62. The Hall–Kier alpha value is -6.44. The number of anilines is 3. The van der Waals surface area contributed by atoms with Gasteiger partial charge in [-0.3, -0.25) is 0 Å². The summed E-state index contributed by atoms with van der Waals surface area (Å²) in [6.45, 7) is 0. The molecule has 288 valence electrons. The maximum Gasteiger partial charge on any atom is 0.0540 e. The van der Waals surface area contributed by atoms with E-state index >= 15 is 0 Å². The predicted molar refractivity (Wildman–Crippen MR) is 249 cm³/mol. The van der Waals surface area contributed by atoms with Crippen molar-refractivity contribution in [2.24, 2.45) is 23.7 Å². The van der Waals surface area contributed by atoms with Crippen LogP contribution in [0.3, 0.4) is 0 Å². The molecule has 6 aliphatic carbocycles. The van der Waals surface area contributed by atoms with Gasteiger partial charge in [-0.2, -0.15) is 0 Å². The molecule has 6 aliphatic rings. The van der Waals surface area contributed by atoms with Crippen LogP contribution in [0.4, 0.5) is 17.1 Å². The lowest BCUT2D eigenvalue weighted by Gasteiger charge is -2.61. The lowest BCUT2D eigenvalue weighted by atomic mass is 9.43. The lowest BCUT2D eigenvalue weighted by Crippen LogP contribution is -2.55. The van der Waals surface area contributed by atoms with Crippen LogP contribution in [0.1, 0.15) is 54.4 Å². The highest BCUT2D eigenvalue weighted by Gasteiger charge is 2.61. The largest absolute Gasteiger partial charge is 0.310 e. The number of benzene rings is 8. The Bertz CT molecular complexity index is 2930. The van der Waals surface area contributed by atoms with Crippen LogP contribution in [0, 0.1) is 23.7 Å². The lowest BCUT2D eigenvalue weighted by molar-refractivity contribution is -0.0399. The van der Waals surface area contributed by atoms with Crippen molar-refractivity contribution in [1.82, 2.24) is 0 Å². The minimum absolute atomic E-state index is 0.0815. The quantitative estimate of drug-likeness (QED) is 0.163. The van der Waals surface area contributed by atoms with E-state index in [2.05, 4.69) is 193 Å². The van der Waals surface area contributed by atoms with Crippen LogP contribution >= 0.6 is 0 Å². The molecule has 0 atom stereocenters. The molecule has 4 saturated carbocycles. The van der Waals surface area contributed by atoms with Gasteiger partial charge in [0, 0.05) is 22.4 Å². The smallest absolute Gasteiger partial charge is 0.0540 e. The number of nitrogens with zero attached hydrogens (tertiary/aromatic N) is 1. The van der Waals surface area contributed by atoms with Gasteiger partial charge in [0.05, 0.1) is 5.69 Å². The maximum atomic E-state index is 2.62. The summed E-state index contributed by atoms with van der Waals surface area (Å²) in [6.07, 6.45) is 7.92. The zero-order valence-electron chi connectivity index (χ0n) is 33.9. The highest BCUT2D eigenvalue weighted by Crippen LogP contribution is 2.70. The fourth-order valence-corrected chi connectivity index (χ4v) is 13.2. The first-order valence-electron chi connectivity index (χ1n) is 22.3. The third-order valence-corrected chi connectivity index (χ3v) is 15.5. The minimum Gasteiger partial charge on any atom is -0.310 e. The molecule has 4 bridgehead atoms. The van der Waals surface area contributed by atoms with Crippen LogP contribution in [0.15, 0.2) is 188 Å². The molecule has 14 rings (SSSR count). The third-order valence-electron chi connectivity index (χ3n) is 15.5. The van der Waals surface area contributed by atoms with Crippen molar-refractivity contribution >= 4 is 17.1 Å². The third kappa shape index (κ3) is 5.11. The molecular formula is C59H47N. The molecular weight excluding hydrogens is 723 g/mol. The average Bonchev–Trinajstić information content (AvgIpc) is 3.82. The van der Waals surface area contributed by atoms with Crippen molar-refractivity contribution in [2.75, 3.05) is 4.90 Å². The fraction of sp³-hybridized carbons (Fsp3) is 0.186. The molecule has 4 fully saturated rings. The van der Waals surface area contributed by atoms with Crippen LogP contribution in [0.2, 0.25) is 0 Å². The van der Waals surface area contributed by atoms with Gasteiger partial charge in [-0.05, 0) is 177 Å². The summed E-state index contributed by atoms with van der Waals surface area (Å²) in [6, 6.07) is 71.3. The Morgan fingerprint density at radius 3 is 1.63 bits per heavy atom. The molecule has 8 aromatic rings. The molecule has 0 amide bonds. The van der Waals surface area contributed by atoms with Crippen LogP contribution in [-0.2, 0) is 11.8 Å². The number of hydrogen-bond acceptors (Lipinski definition) is 1. The van der Waals surface area contributed by atoms with E-state index in [0.29, 0.717) is 11.8 Å². The van der Waals surface area contributed by atoms with E-state index in [1.807, 2.05) is 0 Å². The monoisotopic (exact) mass is 769 g/mol. The molecule has 0 aliphatic heterocycles. The van der Waals surface area contributed by atoms with E-state index in [-0.39, 0.29) is 5.41 Å². The van der Waals surface area contributed by atoms with Gasteiger partial charge >= 0.3 is 0 Å². The second-order valence-electron chi connectivity index (χ2n) is 18.5. The molecule has 0 saturated heterocycles. The van der Waals surface area contributed by atoms with E-state index in [9.17, 15) is 0 Å².